The Morgan fingerprint density at radius 2 is 1.74 bits per heavy atom. The third-order valence-electron chi connectivity index (χ3n) is 2.82. The van der Waals surface area contributed by atoms with Gasteiger partial charge in [-0.25, -0.2) is 4.98 Å². The standard InChI is InChI=1S/C13H12N4O2/c1-18-10-3-9(4-11(5-10)19-2)12-7-17-8-15-14-6-13(17)16-12/h3-8H,1-2H3. The SMILES string of the molecule is COc1cc(OC)cc(-c2cn3cnncc3n2)c1. The molecule has 3 rings (SSSR count). The average Bonchev–Trinajstić information content (AvgIpc) is 2.90. The first-order chi connectivity index (χ1) is 9.30. The van der Waals surface area contributed by atoms with Gasteiger partial charge in [-0.3, -0.25) is 4.40 Å². The van der Waals surface area contributed by atoms with Crippen molar-refractivity contribution in [2.75, 3.05) is 14.2 Å². The second-order valence-electron chi connectivity index (χ2n) is 3.97. The lowest BCUT2D eigenvalue weighted by molar-refractivity contribution is 0.394. The summed E-state index contributed by atoms with van der Waals surface area (Å²) in [5.74, 6) is 1.45. The highest BCUT2D eigenvalue weighted by Crippen LogP contribution is 2.29. The first-order valence-corrected chi connectivity index (χ1v) is 5.69. The van der Waals surface area contributed by atoms with Crippen molar-refractivity contribution in [3.63, 3.8) is 0 Å². The summed E-state index contributed by atoms with van der Waals surface area (Å²) < 4.78 is 12.3. The minimum atomic E-state index is 0.725. The maximum Gasteiger partial charge on any atom is 0.159 e. The lowest BCUT2D eigenvalue weighted by atomic mass is 10.1. The highest BCUT2D eigenvalue weighted by atomic mass is 16.5. The van der Waals surface area contributed by atoms with Gasteiger partial charge in [-0.2, -0.15) is 5.10 Å². The molecule has 0 bridgehead atoms. The van der Waals surface area contributed by atoms with E-state index in [4.69, 9.17) is 9.47 Å². The highest BCUT2D eigenvalue weighted by molar-refractivity contribution is 5.66. The number of hydrogen-bond acceptors (Lipinski definition) is 5. The van der Waals surface area contributed by atoms with Crippen LogP contribution in [0.1, 0.15) is 0 Å². The van der Waals surface area contributed by atoms with Crippen LogP contribution in [-0.2, 0) is 0 Å². The minimum Gasteiger partial charge on any atom is -0.497 e. The Hall–Kier alpha value is -2.63. The molecule has 0 unspecified atom stereocenters. The quantitative estimate of drug-likeness (QED) is 0.715. The van der Waals surface area contributed by atoms with Crippen molar-refractivity contribution in [1.29, 1.82) is 0 Å². The molecule has 1 aromatic carbocycles. The number of ether oxygens (including phenoxy) is 2. The van der Waals surface area contributed by atoms with Crippen molar-refractivity contribution in [2.24, 2.45) is 0 Å². The molecule has 0 aliphatic rings. The summed E-state index contributed by atoms with van der Waals surface area (Å²) in [6.07, 6.45) is 5.11. The molecule has 6 nitrogen and oxygen atoms in total. The summed E-state index contributed by atoms with van der Waals surface area (Å²) in [4.78, 5) is 4.48. The van der Waals surface area contributed by atoms with Gasteiger partial charge in [0, 0.05) is 17.8 Å². The molecule has 0 saturated heterocycles. The van der Waals surface area contributed by atoms with E-state index < -0.39 is 0 Å². The zero-order valence-corrected chi connectivity index (χ0v) is 10.6. The summed E-state index contributed by atoms with van der Waals surface area (Å²) >= 11 is 0. The predicted octanol–water partition coefficient (Wildman–Crippen LogP) is 1.81. The van der Waals surface area contributed by atoms with E-state index in [0.29, 0.717) is 0 Å². The van der Waals surface area contributed by atoms with Gasteiger partial charge < -0.3 is 9.47 Å². The molecule has 2 aromatic heterocycles. The van der Waals surface area contributed by atoms with Gasteiger partial charge >= 0.3 is 0 Å². The Kier molecular flexibility index (Phi) is 2.75. The lowest BCUT2D eigenvalue weighted by Crippen LogP contribution is -1.88. The Balaban J connectivity index is 2.14. The maximum atomic E-state index is 5.25. The molecule has 0 spiro atoms. The molecule has 0 N–H and O–H groups in total. The van der Waals surface area contributed by atoms with Crippen molar-refractivity contribution in [3.8, 4) is 22.8 Å². The van der Waals surface area contributed by atoms with E-state index in [2.05, 4.69) is 15.2 Å². The van der Waals surface area contributed by atoms with Gasteiger partial charge in [0.25, 0.3) is 0 Å². The van der Waals surface area contributed by atoms with Crippen molar-refractivity contribution in [1.82, 2.24) is 19.6 Å². The third kappa shape index (κ3) is 2.08. The summed E-state index contributed by atoms with van der Waals surface area (Å²) in [5, 5.41) is 7.62. The Labute approximate surface area is 109 Å². The third-order valence-corrected chi connectivity index (χ3v) is 2.82. The van der Waals surface area contributed by atoms with Crippen LogP contribution in [0.5, 0.6) is 11.5 Å². The van der Waals surface area contributed by atoms with Crippen molar-refractivity contribution < 1.29 is 9.47 Å². The molecule has 6 heteroatoms. The van der Waals surface area contributed by atoms with E-state index in [1.807, 2.05) is 28.8 Å². The molecule has 0 radical (unpaired) electrons. The molecule has 0 fully saturated rings. The van der Waals surface area contributed by atoms with E-state index in [9.17, 15) is 0 Å². The largest absolute Gasteiger partial charge is 0.497 e. The topological polar surface area (TPSA) is 61.5 Å². The van der Waals surface area contributed by atoms with Gasteiger partial charge in [0.1, 0.15) is 17.8 Å². The molecule has 0 aliphatic heterocycles. The van der Waals surface area contributed by atoms with Crippen LogP contribution in [0.4, 0.5) is 0 Å². The number of methoxy groups -OCH3 is 2. The fraction of sp³-hybridized carbons (Fsp3) is 0.154. The molecule has 0 amide bonds. The average molecular weight is 256 g/mol. The normalized spacial score (nSPS) is 10.6. The van der Waals surface area contributed by atoms with Gasteiger partial charge in [-0.05, 0) is 12.1 Å². The number of imidazole rings is 1. The molecular formula is C13H12N4O2. The fourth-order valence-electron chi connectivity index (χ4n) is 1.86. The van der Waals surface area contributed by atoms with Gasteiger partial charge in [-0.15, -0.1) is 5.10 Å². The zero-order valence-electron chi connectivity index (χ0n) is 10.6. The van der Waals surface area contributed by atoms with E-state index in [-0.39, 0.29) is 0 Å². The predicted molar refractivity (Wildman–Crippen MR) is 69.3 cm³/mol. The zero-order chi connectivity index (χ0) is 13.2. The highest BCUT2D eigenvalue weighted by Gasteiger charge is 2.08. The van der Waals surface area contributed by atoms with Crippen LogP contribution in [0.2, 0.25) is 0 Å². The van der Waals surface area contributed by atoms with Crippen LogP contribution in [0, 0.1) is 0 Å². The molecule has 0 saturated carbocycles. The number of nitrogens with zero attached hydrogens (tertiary/aromatic N) is 4. The van der Waals surface area contributed by atoms with E-state index >= 15 is 0 Å². The number of hydrogen-bond donors (Lipinski definition) is 0. The van der Waals surface area contributed by atoms with E-state index in [1.54, 1.807) is 26.7 Å². The number of aromatic nitrogens is 4. The molecular weight excluding hydrogens is 244 g/mol. The van der Waals surface area contributed by atoms with Crippen LogP contribution < -0.4 is 9.47 Å². The van der Waals surface area contributed by atoms with Crippen LogP contribution in [-0.4, -0.2) is 33.8 Å². The van der Waals surface area contributed by atoms with Crippen LogP contribution in [0.3, 0.4) is 0 Å². The van der Waals surface area contributed by atoms with Crippen molar-refractivity contribution in [2.45, 2.75) is 0 Å². The van der Waals surface area contributed by atoms with Crippen LogP contribution in [0.25, 0.3) is 16.9 Å². The lowest BCUT2D eigenvalue weighted by Gasteiger charge is -2.06. The Bertz CT molecular complexity index is 668. The Morgan fingerprint density at radius 1 is 1.00 bits per heavy atom. The molecule has 3 aromatic rings. The Morgan fingerprint density at radius 3 is 2.37 bits per heavy atom. The first kappa shape index (κ1) is 11.5. The summed E-state index contributed by atoms with van der Waals surface area (Å²) in [6.45, 7) is 0. The monoisotopic (exact) mass is 256 g/mol. The number of benzene rings is 1. The molecule has 96 valence electrons. The van der Waals surface area contributed by atoms with Crippen molar-refractivity contribution in [3.05, 3.63) is 36.9 Å². The fourth-order valence-corrected chi connectivity index (χ4v) is 1.86. The maximum absolute atomic E-state index is 5.25. The van der Waals surface area contributed by atoms with Crippen LogP contribution >= 0.6 is 0 Å². The summed E-state index contributed by atoms with van der Waals surface area (Å²) in [6, 6.07) is 5.64. The van der Waals surface area contributed by atoms with Crippen LogP contribution in [0.15, 0.2) is 36.9 Å². The van der Waals surface area contributed by atoms with E-state index in [1.165, 1.54) is 0 Å². The second kappa shape index (κ2) is 4.56. The van der Waals surface area contributed by atoms with Gasteiger partial charge in [0.2, 0.25) is 0 Å². The summed E-state index contributed by atoms with van der Waals surface area (Å²) in [5.41, 5.74) is 2.47. The smallest absolute Gasteiger partial charge is 0.159 e. The second-order valence-corrected chi connectivity index (χ2v) is 3.97. The first-order valence-electron chi connectivity index (χ1n) is 5.69. The van der Waals surface area contributed by atoms with Gasteiger partial charge in [0.05, 0.1) is 26.1 Å². The van der Waals surface area contributed by atoms with Gasteiger partial charge in [0.15, 0.2) is 5.65 Å². The number of rotatable bonds is 3. The molecule has 0 aliphatic carbocycles. The molecule has 2 heterocycles. The van der Waals surface area contributed by atoms with Gasteiger partial charge in [-0.1, -0.05) is 0 Å². The summed E-state index contributed by atoms with van der Waals surface area (Å²) in [7, 11) is 3.24. The number of fused-ring (bicyclic) bond motifs is 1. The minimum absolute atomic E-state index is 0.725. The van der Waals surface area contributed by atoms with Crippen molar-refractivity contribution >= 4 is 5.65 Å². The van der Waals surface area contributed by atoms with E-state index in [0.717, 1.165) is 28.4 Å². The molecule has 0 atom stereocenters. The molecule has 19 heavy (non-hydrogen) atoms.